The molecule has 2 aliphatic rings. The first-order valence-electron chi connectivity index (χ1n) is 6.14. The molecule has 0 N–H and O–H groups in total. The van der Waals surface area contributed by atoms with Crippen molar-refractivity contribution in [2.45, 2.75) is 19.3 Å². The van der Waals surface area contributed by atoms with Gasteiger partial charge in [-0.3, -0.25) is 4.99 Å². The summed E-state index contributed by atoms with van der Waals surface area (Å²) in [6.45, 7) is 0. The number of hydrogen-bond donors (Lipinski definition) is 0. The maximum atomic E-state index is 6.31. The van der Waals surface area contributed by atoms with Gasteiger partial charge in [0, 0.05) is 5.56 Å². The lowest BCUT2D eigenvalue weighted by Crippen LogP contribution is -2.02. The number of nitrogens with zero attached hydrogens (tertiary/aromatic N) is 1. The van der Waals surface area contributed by atoms with Crippen LogP contribution in [-0.2, 0) is 0 Å². The molecule has 1 aliphatic carbocycles. The van der Waals surface area contributed by atoms with Crippen LogP contribution in [0.3, 0.4) is 0 Å². The van der Waals surface area contributed by atoms with Crippen molar-refractivity contribution >= 4 is 40.7 Å². The van der Waals surface area contributed by atoms with Gasteiger partial charge in [-0.15, -0.1) is 0 Å². The Balaban J connectivity index is 2.07. The van der Waals surface area contributed by atoms with Crippen LogP contribution in [0.2, 0.25) is 0 Å². The predicted octanol–water partition coefficient (Wildman–Crippen LogP) is 5.28. The zero-order valence-electron chi connectivity index (χ0n) is 9.87. The van der Waals surface area contributed by atoms with Crippen molar-refractivity contribution in [1.29, 1.82) is 0 Å². The summed E-state index contributed by atoms with van der Waals surface area (Å²) in [4.78, 5) is 4.70. The van der Waals surface area contributed by atoms with E-state index in [2.05, 4.69) is 0 Å². The van der Waals surface area contributed by atoms with E-state index < -0.39 is 0 Å². The molecular weight excluding hydrogens is 265 g/mol. The molecule has 3 rings (SSSR count). The summed E-state index contributed by atoms with van der Waals surface area (Å²) >= 11 is 12.5. The monoisotopic (exact) mass is 277 g/mol. The maximum absolute atomic E-state index is 6.31. The van der Waals surface area contributed by atoms with Crippen LogP contribution in [0.1, 0.15) is 24.8 Å². The van der Waals surface area contributed by atoms with Gasteiger partial charge >= 0.3 is 0 Å². The van der Waals surface area contributed by atoms with Crippen LogP contribution in [0.25, 0.3) is 6.08 Å². The minimum Gasteiger partial charge on any atom is -0.251 e. The number of benzene rings is 1. The first-order chi connectivity index (χ1) is 8.74. The molecule has 0 amide bonds. The molecule has 0 saturated heterocycles. The Labute approximate surface area is 117 Å². The average Bonchev–Trinajstić information content (AvgIpc) is 3.18. The second-order valence-electron chi connectivity index (χ2n) is 4.76. The lowest BCUT2D eigenvalue weighted by molar-refractivity contribution is 0.896. The summed E-state index contributed by atoms with van der Waals surface area (Å²) in [6.07, 6.45) is 7.29. The molecule has 1 saturated carbocycles. The molecule has 3 heteroatoms. The summed E-state index contributed by atoms with van der Waals surface area (Å²) < 4.78 is 0. The molecule has 1 aromatic rings. The van der Waals surface area contributed by atoms with E-state index >= 15 is 0 Å². The largest absolute Gasteiger partial charge is 0.251 e. The van der Waals surface area contributed by atoms with Crippen LogP contribution in [0.4, 0.5) is 5.69 Å². The lowest BCUT2D eigenvalue weighted by Gasteiger charge is -2.10. The van der Waals surface area contributed by atoms with E-state index in [0.29, 0.717) is 10.1 Å². The number of halogens is 2. The van der Waals surface area contributed by atoms with Gasteiger partial charge in [0.15, 0.2) is 0 Å². The minimum absolute atomic E-state index is 0.575. The Kier molecular flexibility index (Phi) is 3.27. The predicted molar refractivity (Wildman–Crippen MR) is 78.6 cm³/mol. The molecule has 1 aliphatic heterocycles. The van der Waals surface area contributed by atoms with Gasteiger partial charge in [-0.1, -0.05) is 47.5 Å². The molecule has 0 atom stereocenters. The van der Waals surface area contributed by atoms with Crippen molar-refractivity contribution < 1.29 is 0 Å². The highest BCUT2D eigenvalue weighted by Gasteiger charge is 2.25. The van der Waals surface area contributed by atoms with E-state index in [1.807, 2.05) is 36.4 Å². The van der Waals surface area contributed by atoms with Crippen LogP contribution >= 0.6 is 23.2 Å². The molecule has 0 aromatic heterocycles. The third-order valence-corrected chi connectivity index (χ3v) is 4.08. The Bertz CT molecular complexity index is 566. The average molecular weight is 278 g/mol. The van der Waals surface area contributed by atoms with Gasteiger partial charge < -0.3 is 0 Å². The molecular formula is C15H13Cl2N. The molecule has 0 radical (unpaired) electrons. The van der Waals surface area contributed by atoms with Crippen molar-refractivity contribution in [3.05, 3.63) is 46.0 Å². The number of hydrogen-bond acceptors (Lipinski definition) is 1. The maximum Gasteiger partial charge on any atom is 0.0807 e. The van der Waals surface area contributed by atoms with Crippen molar-refractivity contribution in [3.63, 3.8) is 0 Å². The summed E-state index contributed by atoms with van der Waals surface area (Å²) in [5, 5.41) is 1.17. The molecule has 92 valence electrons. The van der Waals surface area contributed by atoms with Crippen molar-refractivity contribution in [1.82, 2.24) is 0 Å². The number of fused-ring (bicyclic) bond motifs is 1. The number of allylic oxidation sites excluding steroid dienone is 3. The Morgan fingerprint density at radius 3 is 2.67 bits per heavy atom. The fourth-order valence-electron chi connectivity index (χ4n) is 2.03. The first kappa shape index (κ1) is 12.0. The molecule has 1 heterocycles. The van der Waals surface area contributed by atoms with Gasteiger partial charge in [0.05, 0.1) is 21.5 Å². The normalized spacial score (nSPS) is 19.1. The van der Waals surface area contributed by atoms with Crippen molar-refractivity contribution in [3.8, 4) is 0 Å². The highest BCUT2D eigenvalue weighted by Crippen LogP contribution is 2.37. The highest BCUT2D eigenvalue weighted by molar-refractivity contribution is 6.50. The Hall–Kier alpha value is -1.05. The van der Waals surface area contributed by atoms with Gasteiger partial charge in [-0.2, -0.15) is 0 Å². The van der Waals surface area contributed by atoms with Gasteiger partial charge in [0.25, 0.3) is 0 Å². The van der Waals surface area contributed by atoms with Gasteiger partial charge in [0.1, 0.15) is 0 Å². The second kappa shape index (κ2) is 4.91. The minimum atomic E-state index is 0.575. The fourth-order valence-corrected chi connectivity index (χ4v) is 2.38. The van der Waals surface area contributed by atoms with Gasteiger partial charge in [0.2, 0.25) is 0 Å². The van der Waals surface area contributed by atoms with Crippen LogP contribution in [0, 0.1) is 5.92 Å². The van der Waals surface area contributed by atoms with Gasteiger partial charge in [-0.25, -0.2) is 0 Å². The quantitative estimate of drug-likeness (QED) is 0.698. The second-order valence-corrected chi connectivity index (χ2v) is 5.55. The summed E-state index contributed by atoms with van der Waals surface area (Å²) in [5.74, 6) is 0.734. The number of aliphatic imine (C=N–C) groups is 1. The topological polar surface area (TPSA) is 12.4 Å². The first-order valence-corrected chi connectivity index (χ1v) is 6.90. The zero-order chi connectivity index (χ0) is 12.5. The van der Waals surface area contributed by atoms with Crippen LogP contribution < -0.4 is 0 Å². The highest BCUT2D eigenvalue weighted by atomic mass is 35.5. The smallest absolute Gasteiger partial charge is 0.0807 e. The standard InChI is InChI=1S/C15H13Cl2N/c16-12-8-7-11-3-1-2-4-13(11)18-14(15(12)17)9-10-5-6-10/h1-4,7-8,10H,5-6,9H2. The van der Waals surface area contributed by atoms with Crippen molar-refractivity contribution in [2.24, 2.45) is 10.9 Å². The van der Waals surface area contributed by atoms with Crippen LogP contribution in [-0.4, -0.2) is 5.71 Å². The molecule has 0 spiro atoms. The van der Waals surface area contributed by atoms with E-state index in [-0.39, 0.29) is 0 Å². The van der Waals surface area contributed by atoms with E-state index in [4.69, 9.17) is 28.2 Å². The molecule has 1 nitrogen and oxygen atoms in total. The Morgan fingerprint density at radius 1 is 1.11 bits per heavy atom. The van der Waals surface area contributed by atoms with Crippen LogP contribution in [0.15, 0.2) is 45.4 Å². The third kappa shape index (κ3) is 2.52. The fraction of sp³-hybridized carbons (Fsp3) is 0.267. The molecule has 1 aromatic carbocycles. The third-order valence-electron chi connectivity index (χ3n) is 3.24. The summed E-state index contributed by atoms with van der Waals surface area (Å²) in [6, 6.07) is 8.04. The van der Waals surface area contributed by atoms with E-state index in [1.54, 1.807) is 0 Å². The van der Waals surface area contributed by atoms with E-state index in [1.165, 1.54) is 12.8 Å². The molecule has 18 heavy (non-hydrogen) atoms. The molecule has 1 fully saturated rings. The molecule has 0 unspecified atom stereocenters. The van der Waals surface area contributed by atoms with E-state index in [9.17, 15) is 0 Å². The van der Waals surface area contributed by atoms with Crippen LogP contribution in [0.5, 0.6) is 0 Å². The van der Waals surface area contributed by atoms with Gasteiger partial charge in [-0.05, 0) is 37.3 Å². The Morgan fingerprint density at radius 2 is 1.89 bits per heavy atom. The lowest BCUT2D eigenvalue weighted by atomic mass is 10.1. The number of para-hydroxylation sites is 1. The number of rotatable bonds is 2. The summed E-state index contributed by atoms with van der Waals surface area (Å²) in [7, 11) is 0. The SMILES string of the molecule is ClC1=C(Cl)C(CC2CC2)=Nc2ccccc2C=C1. The molecule has 0 bridgehead atoms. The van der Waals surface area contributed by atoms with Crippen molar-refractivity contribution in [2.75, 3.05) is 0 Å². The summed E-state index contributed by atoms with van der Waals surface area (Å²) in [5.41, 5.74) is 2.96. The zero-order valence-corrected chi connectivity index (χ0v) is 11.4. The van der Waals surface area contributed by atoms with E-state index in [0.717, 1.165) is 29.3 Å².